The van der Waals surface area contributed by atoms with Crippen molar-refractivity contribution in [3.8, 4) is 5.75 Å². The van der Waals surface area contributed by atoms with Crippen molar-refractivity contribution in [2.75, 3.05) is 26.7 Å². The van der Waals surface area contributed by atoms with E-state index in [2.05, 4.69) is 15.5 Å². The predicted molar refractivity (Wildman–Crippen MR) is 100 cm³/mol. The van der Waals surface area contributed by atoms with Crippen molar-refractivity contribution in [1.82, 2.24) is 15.5 Å². The van der Waals surface area contributed by atoms with Gasteiger partial charge < -0.3 is 19.8 Å². The fourth-order valence-corrected chi connectivity index (χ4v) is 3.19. The van der Waals surface area contributed by atoms with Gasteiger partial charge in [0.05, 0.1) is 32.0 Å². The van der Waals surface area contributed by atoms with Crippen LogP contribution < -0.4 is 15.4 Å². The number of nitrogens with zero attached hydrogens (tertiary/aromatic N) is 1. The molecule has 1 saturated heterocycles. The molecule has 1 aliphatic rings. The molecule has 1 aromatic carbocycles. The van der Waals surface area contributed by atoms with Crippen LogP contribution in [0, 0.1) is 0 Å². The smallest absolute Gasteiger partial charge is 0.255 e. The van der Waals surface area contributed by atoms with E-state index in [4.69, 9.17) is 9.15 Å². The average molecular weight is 371 g/mol. The highest BCUT2D eigenvalue weighted by atomic mass is 16.5. The molecule has 1 fully saturated rings. The maximum Gasteiger partial charge on any atom is 0.255 e. The number of benzene rings is 1. The maximum atomic E-state index is 12.5. The van der Waals surface area contributed by atoms with Crippen LogP contribution in [0.3, 0.4) is 0 Å². The Morgan fingerprint density at radius 3 is 2.67 bits per heavy atom. The summed E-state index contributed by atoms with van der Waals surface area (Å²) >= 11 is 0. The molecule has 2 heterocycles. The van der Waals surface area contributed by atoms with Gasteiger partial charge in [0.15, 0.2) is 0 Å². The number of piperidine rings is 1. The number of carbonyl (C=O) groups is 2. The van der Waals surface area contributed by atoms with Crippen molar-refractivity contribution in [3.63, 3.8) is 0 Å². The highest BCUT2D eigenvalue weighted by Gasteiger charge is 2.23. The Balaban J connectivity index is 1.40. The maximum absolute atomic E-state index is 12.5. The number of methoxy groups -OCH3 is 1. The molecule has 144 valence electrons. The molecule has 2 N–H and O–H groups in total. The molecule has 0 aliphatic carbocycles. The van der Waals surface area contributed by atoms with Crippen LogP contribution in [0.4, 0.5) is 0 Å². The number of carbonyl (C=O) groups excluding carboxylic acids is 2. The molecule has 1 aliphatic heterocycles. The monoisotopic (exact) mass is 371 g/mol. The normalized spacial score (nSPS) is 15.3. The first-order valence-electron chi connectivity index (χ1n) is 9.11. The number of amides is 2. The van der Waals surface area contributed by atoms with Crippen molar-refractivity contribution in [1.29, 1.82) is 0 Å². The Hall–Kier alpha value is -2.80. The minimum absolute atomic E-state index is 0.0251. The highest BCUT2D eigenvalue weighted by molar-refractivity contribution is 5.97. The quantitative estimate of drug-likeness (QED) is 0.775. The molecule has 27 heavy (non-hydrogen) atoms. The second-order valence-corrected chi connectivity index (χ2v) is 6.58. The molecule has 7 heteroatoms. The van der Waals surface area contributed by atoms with E-state index in [1.807, 2.05) is 18.2 Å². The summed E-state index contributed by atoms with van der Waals surface area (Å²) in [5.74, 6) is 1.16. The van der Waals surface area contributed by atoms with Gasteiger partial charge in [0.2, 0.25) is 5.91 Å². The third kappa shape index (κ3) is 5.34. The van der Waals surface area contributed by atoms with Crippen molar-refractivity contribution in [3.05, 3.63) is 54.0 Å². The minimum Gasteiger partial charge on any atom is -0.496 e. The Kier molecular flexibility index (Phi) is 6.49. The molecule has 0 bridgehead atoms. The van der Waals surface area contributed by atoms with E-state index in [-0.39, 0.29) is 17.9 Å². The Bertz CT molecular complexity index is 752. The van der Waals surface area contributed by atoms with Gasteiger partial charge in [-0.1, -0.05) is 12.1 Å². The largest absolute Gasteiger partial charge is 0.496 e. The molecule has 0 spiro atoms. The number of likely N-dealkylation sites (tertiary alicyclic amines) is 1. The molecular formula is C20H25N3O4. The molecule has 0 radical (unpaired) electrons. The van der Waals surface area contributed by atoms with Crippen molar-refractivity contribution >= 4 is 11.8 Å². The number of hydrogen-bond donors (Lipinski definition) is 2. The number of hydrogen-bond acceptors (Lipinski definition) is 5. The lowest BCUT2D eigenvalue weighted by Gasteiger charge is -2.31. The Morgan fingerprint density at radius 1 is 1.19 bits per heavy atom. The van der Waals surface area contributed by atoms with E-state index in [0.717, 1.165) is 31.7 Å². The van der Waals surface area contributed by atoms with Crippen LogP contribution in [-0.4, -0.2) is 49.5 Å². The summed E-state index contributed by atoms with van der Waals surface area (Å²) in [5.41, 5.74) is 0.541. The number of ether oxygens (including phenoxy) is 1. The molecule has 0 unspecified atom stereocenters. The van der Waals surface area contributed by atoms with Gasteiger partial charge in [0.25, 0.3) is 5.91 Å². The van der Waals surface area contributed by atoms with E-state index < -0.39 is 0 Å². The molecular weight excluding hydrogens is 346 g/mol. The topological polar surface area (TPSA) is 83.8 Å². The summed E-state index contributed by atoms with van der Waals surface area (Å²) < 4.78 is 10.4. The van der Waals surface area contributed by atoms with Crippen molar-refractivity contribution in [2.45, 2.75) is 25.4 Å². The predicted octanol–water partition coefficient (Wildman–Crippen LogP) is 1.80. The SMILES string of the molecule is COc1ccccc1C(=O)NC1CCN(CC(=O)NCc2ccco2)CC1. The van der Waals surface area contributed by atoms with E-state index in [1.54, 1.807) is 31.6 Å². The number of furan rings is 1. The molecule has 2 amide bonds. The summed E-state index contributed by atoms with van der Waals surface area (Å²) in [6, 6.07) is 10.9. The third-order valence-corrected chi connectivity index (χ3v) is 4.68. The lowest BCUT2D eigenvalue weighted by Crippen LogP contribution is -2.47. The van der Waals surface area contributed by atoms with Crippen LogP contribution in [0.1, 0.15) is 29.0 Å². The van der Waals surface area contributed by atoms with Crippen molar-refractivity contribution < 1.29 is 18.7 Å². The molecule has 0 atom stereocenters. The third-order valence-electron chi connectivity index (χ3n) is 4.68. The van der Waals surface area contributed by atoms with Crippen LogP contribution in [0.15, 0.2) is 47.1 Å². The van der Waals surface area contributed by atoms with Crippen LogP contribution in [0.5, 0.6) is 5.75 Å². The van der Waals surface area contributed by atoms with E-state index in [0.29, 0.717) is 24.4 Å². The highest BCUT2D eigenvalue weighted by Crippen LogP contribution is 2.18. The zero-order valence-electron chi connectivity index (χ0n) is 15.4. The van der Waals surface area contributed by atoms with Gasteiger partial charge in [0.1, 0.15) is 11.5 Å². The molecule has 3 rings (SSSR count). The zero-order valence-corrected chi connectivity index (χ0v) is 15.4. The van der Waals surface area contributed by atoms with E-state index in [1.165, 1.54) is 0 Å². The minimum atomic E-state index is -0.123. The van der Waals surface area contributed by atoms with Gasteiger partial charge in [-0.2, -0.15) is 0 Å². The first-order valence-corrected chi connectivity index (χ1v) is 9.11. The zero-order chi connectivity index (χ0) is 19.1. The van der Waals surface area contributed by atoms with Gasteiger partial charge >= 0.3 is 0 Å². The summed E-state index contributed by atoms with van der Waals surface area (Å²) in [7, 11) is 1.56. The van der Waals surface area contributed by atoms with Crippen LogP contribution >= 0.6 is 0 Å². The van der Waals surface area contributed by atoms with Crippen LogP contribution in [-0.2, 0) is 11.3 Å². The second-order valence-electron chi connectivity index (χ2n) is 6.58. The molecule has 7 nitrogen and oxygen atoms in total. The lowest BCUT2D eigenvalue weighted by atomic mass is 10.0. The Labute approximate surface area is 158 Å². The van der Waals surface area contributed by atoms with E-state index >= 15 is 0 Å². The second kappa shape index (κ2) is 9.23. The lowest BCUT2D eigenvalue weighted by molar-refractivity contribution is -0.122. The molecule has 0 saturated carbocycles. The molecule has 1 aromatic heterocycles. The fraction of sp³-hybridized carbons (Fsp3) is 0.400. The number of nitrogens with one attached hydrogen (secondary N) is 2. The first kappa shape index (κ1) is 19.0. The standard InChI is InChI=1S/C20H25N3O4/c1-26-18-7-3-2-6-17(18)20(25)22-15-8-10-23(11-9-15)14-19(24)21-13-16-5-4-12-27-16/h2-7,12,15H,8-11,13-14H2,1H3,(H,21,24)(H,22,25). The summed E-state index contributed by atoms with van der Waals surface area (Å²) in [6.07, 6.45) is 3.21. The van der Waals surface area contributed by atoms with Gasteiger partial charge in [0, 0.05) is 19.1 Å². The van der Waals surface area contributed by atoms with Crippen molar-refractivity contribution in [2.24, 2.45) is 0 Å². The summed E-state index contributed by atoms with van der Waals surface area (Å²) in [4.78, 5) is 26.6. The van der Waals surface area contributed by atoms with Gasteiger partial charge in [-0.05, 0) is 37.1 Å². The summed E-state index contributed by atoms with van der Waals surface area (Å²) in [5, 5.41) is 5.92. The van der Waals surface area contributed by atoms with Crippen LogP contribution in [0.25, 0.3) is 0 Å². The van der Waals surface area contributed by atoms with Crippen LogP contribution in [0.2, 0.25) is 0 Å². The van der Waals surface area contributed by atoms with Gasteiger partial charge in [-0.3, -0.25) is 14.5 Å². The average Bonchev–Trinajstić information content (AvgIpc) is 3.21. The van der Waals surface area contributed by atoms with Gasteiger partial charge in [-0.15, -0.1) is 0 Å². The summed E-state index contributed by atoms with van der Waals surface area (Å²) in [6.45, 7) is 2.29. The van der Waals surface area contributed by atoms with Gasteiger partial charge in [-0.25, -0.2) is 0 Å². The molecule has 2 aromatic rings. The first-order chi connectivity index (χ1) is 13.2. The fourth-order valence-electron chi connectivity index (χ4n) is 3.19. The van der Waals surface area contributed by atoms with E-state index in [9.17, 15) is 9.59 Å². The Morgan fingerprint density at radius 2 is 1.96 bits per heavy atom. The number of para-hydroxylation sites is 1. The number of rotatable bonds is 7.